The molecule has 0 radical (unpaired) electrons. The van der Waals surface area contributed by atoms with Gasteiger partial charge in [-0.15, -0.1) is 16.4 Å². The predicted octanol–water partition coefficient (Wildman–Crippen LogP) is 0.657. The van der Waals surface area contributed by atoms with Crippen molar-refractivity contribution in [2.75, 3.05) is 12.8 Å². The zero-order chi connectivity index (χ0) is 15.0. The van der Waals surface area contributed by atoms with Crippen LogP contribution >= 0.6 is 11.3 Å². The zero-order valence-corrected chi connectivity index (χ0v) is 13.2. The summed E-state index contributed by atoms with van der Waals surface area (Å²) >= 11 is 1.54. The van der Waals surface area contributed by atoms with Gasteiger partial charge >= 0.3 is 5.69 Å². The molecule has 0 bridgehead atoms. The molecule has 114 valence electrons. The SMILES string of the molecule is CS(=O)(=O)NCCn1nc(-c2cccs2)n(C2CC2)c1=O. The lowest BCUT2D eigenvalue weighted by molar-refractivity contribution is 0.550. The third-order valence-electron chi connectivity index (χ3n) is 3.21. The molecule has 2 heterocycles. The minimum absolute atomic E-state index is 0.157. The lowest BCUT2D eigenvalue weighted by Gasteiger charge is -2.01. The van der Waals surface area contributed by atoms with Gasteiger partial charge in [0.2, 0.25) is 10.0 Å². The quantitative estimate of drug-likeness (QED) is 0.844. The van der Waals surface area contributed by atoms with Crippen molar-refractivity contribution in [2.24, 2.45) is 0 Å². The Kier molecular flexibility index (Phi) is 3.72. The summed E-state index contributed by atoms with van der Waals surface area (Å²) in [4.78, 5) is 13.4. The molecule has 1 N–H and O–H groups in total. The fourth-order valence-electron chi connectivity index (χ4n) is 2.14. The number of rotatable bonds is 6. The van der Waals surface area contributed by atoms with E-state index in [1.165, 1.54) is 16.0 Å². The van der Waals surface area contributed by atoms with Crippen molar-refractivity contribution in [1.82, 2.24) is 19.1 Å². The van der Waals surface area contributed by atoms with E-state index >= 15 is 0 Å². The van der Waals surface area contributed by atoms with Crippen molar-refractivity contribution in [2.45, 2.75) is 25.4 Å². The number of thiophene rings is 1. The molecule has 21 heavy (non-hydrogen) atoms. The lowest BCUT2D eigenvalue weighted by atomic mass is 10.4. The number of sulfonamides is 1. The van der Waals surface area contributed by atoms with Gasteiger partial charge in [0.15, 0.2) is 5.82 Å². The highest BCUT2D eigenvalue weighted by Crippen LogP contribution is 2.37. The molecule has 0 aliphatic heterocycles. The highest BCUT2D eigenvalue weighted by Gasteiger charge is 2.30. The van der Waals surface area contributed by atoms with E-state index in [2.05, 4.69) is 9.82 Å². The Bertz CT molecular complexity index is 785. The Labute approximate surface area is 126 Å². The van der Waals surface area contributed by atoms with Gasteiger partial charge in [-0.3, -0.25) is 4.57 Å². The molecule has 0 unspecified atom stereocenters. The molecule has 0 saturated heterocycles. The second-order valence-electron chi connectivity index (χ2n) is 5.07. The van der Waals surface area contributed by atoms with Crippen molar-refractivity contribution >= 4 is 21.4 Å². The predicted molar refractivity (Wildman–Crippen MR) is 80.9 cm³/mol. The zero-order valence-electron chi connectivity index (χ0n) is 11.5. The van der Waals surface area contributed by atoms with Crippen molar-refractivity contribution in [1.29, 1.82) is 0 Å². The number of hydrogen-bond donors (Lipinski definition) is 1. The summed E-state index contributed by atoms with van der Waals surface area (Å²) in [5.41, 5.74) is -0.170. The summed E-state index contributed by atoms with van der Waals surface area (Å²) in [6.45, 7) is 0.383. The van der Waals surface area contributed by atoms with Crippen molar-refractivity contribution in [3.8, 4) is 10.7 Å². The largest absolute Gasteiger partial charge is 0.346 e. The monoisotopic (exact) mass is 328 g/mol. The molecule has 9 heteroatoms. The summed E-state index contributed by atoms with van der Waals surface area (Å²) in [5, 5.41) is 6.32. The standard InChI is InChI=1S/C12H16N4O3S2/c1-21(18,19)13-6-7-15-12(17)16(9-4-5-9)11(14-15)10-3-2-8-20-10/h2-3,8-9,13H,4-7H2,1H3. The van der Waals surface area contributed by atoms with Crippen LogP contribution in [0.1, 0.15) is 18.9 Å². The highest BCUT2D eigenvalue weighted by atomic mass is 32.2. The second-order valence-corrected chi connectivity index (χ2v) is 7.86. The molecule has 1 fully saturated rings. The number of hydrogen-bond acceptors (Lipinski definition) is 5. The Balaban J connectivity index is 1.88. The van der Waals surface area contributed by atoms with Gasteiger partial charge in [0.25, 0.3) is 0 Å². The molecule has 0 aromatic carbocycles. The Morgan fingerprint density at radius 3 is 2.81 bits per heavy atom. The first kappa shape index (κ1) is 14.5. The van der Waals surface area contributed by atoms with E-state index in [-0.39, 0.29) is 24.8 Å². The Morgan fingerprint density at radius 2 is 2.24 bits per heavy atom. The van der Waals surface area contributed by atoms with E-state index in [1.807, 2.05) is 17.5 Å². The molecule has 7 nitrogen and oxygen atoms in total. The smallest absolute Gasteiger partial charge is 0.271 e. The van der Waals surface area contributed by atoms with Crippen LogP contribution in [0.15, 0.2) is 22.3 Å². The number of nitrogens with one attached hydrogen (secondary N) is 1. The van der Waals surface area contributed by atoms with Gasteiger partial charge in [-0.1, -0.05) is 6.07 Å². The van der Waals surface area contributed by atoms with Gasteiger partial charge in [-0.05, 0) is 24.3 Å². The van der Waals surface area contributed by atoms with Gasteiger partial charge < -0.3 is 0 Å². The molecule has 0 spiro atoms. The van der Waals surface area contributed by atoms with Gasteiger partial charge in [0.1, 0.15) is 0 Å². The third-order valence-corrected chi connectivity index (χ3v) is 4.81. The molecule has 3 rings (SSSR count). The van der Waals surface area contributed by atoms with Crippen molar-refractivity contribution in [3.05, 3.63) is 28.0 Å². The van der Waals surface area contributed by atoms with Crippen LogP contribution in [0.2, 0.25) is 0 Å². The summed E-state index contributed by atoms with van der Waals surface area (Å²) in [6.07, 6.45) is 3.08. The molecule has 1 aliphatic rings. The Morgan fingerprint density at radius 1 is 1.48 bits per heavy atom. The van der Waals surface area contributed by atoms with E-state index in [9.17, 15) is 13.2 Å². The average molecular weight is 328 g/mol. The fourth-order valence-corrected chi connectivity index (χ4v) is 3.31. The van der Waals surface area contributed by atoms with Gasteiger partial charge in [0.05, 0.1) is 17.7 Å². The molecule has 1 saturated carbocycles. The van der Waals surface area contributed by atoms with Crippen molar-refractivity contribution < 1.29 is 8.42 Å². The van der Waals surface area contributed by atoms with Crippen LogP contribution in [-0.2, 0) is 16.6 Å². The van der Waals surface area contributed by atoms with Crippen molar-refractivity contribution in [3.63, 3.8) is 0 Å². The number of nitrogens with zero attached hydrogens (tertiary/aromatic N) is 3. The van der Waals surface area contributed by atoms with Crippen LogP contribution in [-0.4, -0.2) is 35.6 Å². The van der Waals surface area contributed by atoms with Crippen LogP contribution in [0.25, 0.3) is 10.7 Å². The van der Waals surface area contributed by atoms with E-state index in [0.29, 0.717) is 5.82 Å². The van der Waals surface area contributed by atoms with Crippen LogP contribution in [0.5, 0.6) is 0 Å². The molecule has 0 atom stereocenters. The van der Waals surface area contributed by atoms with Crippen LogP contribution in [0, 0.1) is 0 Å². The normalized spacial score (nSPS) is 15.5. The summed E-state index contributed by atoms with van der Waals surface area (Å²) < 4.78 is 27.6. The first-order valence-corrected chi connectivity index (χ1v) is 9.40. The van der Waals surface area contributed by atoms with Crippen LogP contribution in [0.4, 0.5) is 0 Å². The second kappa shape index (κ2) is 5.39. The van der Waals surface area contributed by atoms with E-state index in [4.69, 9.17) is 0 Å². The van der Waals surface area contributed by atoms with E-state index < -0.39 is 10.0 Å². The molecule has 0 amide bonds. The van der Waals surface area contributed by atoms with Gasteiger partial charge in [0, 0.05) is 12.6 Å². The topological polar surface area (TPSA) is 86.0 Å². The summed E-state index contributed by atoms with van der Waals surface area (Å²) in [5.74, 6) is 0.678. The minimum atomic E-state index is -3.26. The van der Waals surface area contributed by atoms with Crippen LogP contribution < -0.4 is 10.4 Å². The third kappa shape index (κ3) is 3.25. The van der Waals surface area contributed by atoms with E-state index in [1.54, 1.807) is 4.57 Å². The van der Waals surface area contributed by atoms with E-state index in [0.717, 1.165) is 24.0 Å². The van der Waals surface area contributed by atoms with Crippen LogP contribution in [0.3, 0.4) is 0 Å². The molecular formula is C12H16N4O3S2. The average Bonchev–Trinajstić information content (AvgIpc) is 2.97. The lowest BCUT2D eigenvalue weighted by Crippen LogP contribution is -2.31. The minimum Gasteiger partial charge on any atom is -0.271 e. The molecule has 2 aromatic heterocycles. The summed E-state index contributed by atoms with van der Waals surface area (Å²) in [7, 11) is -3.26. The Hall–Kier alpha value is -1.45. The summed E-state index contributed by atoms with van der Waals surface area (Å²) in [6, 6.07) is 4.09. The first-order valence-electron chi connectivity index (χ1n) is 6.63. The maximum absolute atomic E-state index is 12.4. The van der Waals surface area contributed by atoms with Gasteiger partial charge in [-0.2, -0.15) is 0 Å². The highest BCUT2D eigenvalue weighted by molar-refractivity contribution is 7.88. The first-order chi connectivity index (χ1) is 9.96. The maximum atomic E-state index is 12.4. The molecular weight excluding hydrogens is 312 g/mol. The van der Waals surface area contributed by atoms with Gasteiger partial charge in [-0.25, -0.2) is 22.6 Å². The number of aromatic nitrogens is 3. The fraction of sp³-hybridized carbons (Fsp3) is 0.500. The molecule has 1 aliphatic carbocycles. The maximum Gasteiger partial charge on any atom is 0.346 e. The molecule has 2 aromatic rings.